The molecule has 0 saturated carbocycles. The number of rotatable bonds is 4. The molecule has 1 aromatic rings. The molecule has 2 nitrogen and oxygen atoms in total. The molecule has 19 heavy (non-hydrogen) atoms. The van der Waals surface area contributed by atoms with Crippen LogP contribution in [0.2, 0.25) is 0 Å². The first-order valence-corrected chi connectivity index (χ1v) is 7.89. The van der Waals surface area contributed by atoms with E-state index in [4.69, 9.17) is 0 Å². The lowest BCUT2D eigenvalue weighted by molar-refractivity contribution is -0.109. The first-order chi connectivity index (χ1) is 9.25. The van der Waals surface area contributed by atoms with Gasteiger partial charge in [0.2, 0.25) is 0 Å². The fraction of sp³-hybridized carbons (Fsp3) is 0.438. The average molecular weight is 275 g/mol. The quantitative estimate of drug-likeness (QED) is 0.829. The molecule has 102 valence electrons. The zero-order valence-corrected chi connectivity index (χ0v) is 12.3. The monoisotopic (exact) mass is 275 g/mol. The molecular weight excluding hydrogens is 254 g/mol. The molecule has 0 aromatic heterocycles. The molecule has 1 aliphatic heterocycles. The van der Waals surface area contributed by atoms with Crippen molar-refractivity contribution in [2.75, 3.05) is 23.7 Å². The number of anilines is 1. The maximum absolute atomic E-state index is 10.8. The molecule has 0 N–H and O–H groups in total. The van der Waals surface area contributed by atoms with E-state index in [1.807, 2.05) is 6.08 Å². The zero-order valence-electron chi connectivity index (χ0n) is 11.5. The Morgan fingerprint density at radius 2 is 1.89 bits per heavy atom. The van der Waals surface area contributed by atoms with Crippen LogP contribution in [0.15, 0.2) is 30.3 Å². The number of piperidine rings is 1. The summed E-state index contributed by atoms with van der Waals surface area (Å²) in [6, 6.07) is 8.70. The van der Waals surface area contributed by atoms with Crippen molar-refractivity contribution in [3.8, 4) is 0 Å². The molecule has 1 aliphatic rings. The number of hydrogen-bond acceptors (Lipinski definition) is 3. The van der Waals surface area contributed by atoms with Gasteiger partial charge in [0.1, 0.15) is 0 Å². The summed E-state index contributed by atoms with van der Waals surface area (Å²) in [4.78, 5) is 13.3. The van der Waals surface area contributed by atoms with Crippen molar-refractivity contribution in [3.05, 3.63) is 35.9 Å². The molecule has 0 amide bonds. The van der Waals surface area contributed by atoms with Crippen molar-refractivity contribution >= 4 is 28.6 Å². The second-order valence-corrected chi connectivity index (χ2v) is 6.04. The normalized spacial score (nSPS) is 15.9. The van der Waals surface area contributed by atoms with Gasteiger partial charge in [0.05, 0.1) is 0 Å². The van der Waals surface area contributed by atoms with Crippen molar-refractivity contribution in [2.45, 2.75) is 26.2 Å². The number of benzene rings is 1. The summed E-state index contributed by atoms with van der Waals surface area (Å²) in [7, 11) is 0. The van der Waals surface area contributed by atoms with E-state index in [2.05, 4.69) is 35.2 Å². The Kier molecular flexibility index (Phi) is 5.52. The van der Waals surface area contributed by atoms with E-state index in [9.17, 15) is 4.79 Å². The smallest absolute Gasteiger partial charge is 0.186 e. The van der Waals surface area contributed by atoms with E-state index in [1.54, 1.807) is 6.92 Å². The number of carbonyl (C=O) groups is 1. The van der Waals surface area contributed by atoms with Crippen LogP contribution in [0.5, 0.6) is 0 Å². The Hall–Kier alpha value is -1.22. The second kappa shape index (κ2) is 7.39. The maximum atomic E-state index is 10.8. The lowest BCUT2D eigenvalue weighted by Gasteiger charge is -2.28. The van der Waals surface area contributed by atoms with E-state index < -0.39 is 0 Å². The highest BCUT2D eigenvalue weighted by molar-refractivity contribution is 8.13. The van der Waals surface area contributed by atoms with Crippen LogP contribution in [0.4, 0.5) is 5.69 Å². The van der Waals surface area contributed by atoms with Crippen LogP contribution in [0.25, 0.3) is 6.08 Å². The fourth-order valence-electron chi connectivity index (χ4n) is 2.30. The molecule has 1 aromatic carbocycles. The van der Waals surface area contributed by atoms with Gasteiger partial charge < -0.3 is 4.90 Å². The van der Waals surface area contributed by atoms with Crippen LogP contribution in [0.1, 0.15) is 31.7 Å². The Labute approximate surface area is 119 Å². The molecule has 1 heterocycles. The SMILES string of the molecule is CC(=O)SCC=Cc1ccc(N2CCCCC2)cc1. The molecule has 0 bridgehead atoms. The third-order valence-corrected chi connectivity index (χ3v) is 4.07. The van der Waals surface area contributed by atoms with Gasteiger partial charge in [-0.3, -0.25) is 4.79 Å². The number of carbonyl (C=O) groups excluding carboxylic acids is 1. The van der Waals surface area contributed by atoms with Gasteiger partial charge in [0.25, 0.3) is 0 Å². The minimum atomic E-state index is 0.171. The zero-order chi connectivity index (χ0) is 13.5. The van der Waals surface area contributed by atoms with E-state index in [0.717, 1.165) is 5.75 Å². The predicted molar refractivity (Wildman–Crippen MR) is 84.7 cm³/mol. The second-order valence-electron chi connectivity index (χ2n) is 4.84. The van der Waals surface area contributed by atoms with Gasteiger partial charge in [-0.2, -0.15) is 0 Å². The molecule has 1 fully saturated rings. The highest BCUT2D eigenvalue weighted by Crippen LogP contribution is 2.20. The van der Waals surface area contributed by atoms with Crippen LogP contribution in [-0.4, -0.2) is 24.0 Å². The van der Waals surface area contributed by atoms with Crippen molar-refractivity contribution in [1.29, 1.82) is 0 Å². The average Bonchev–Trinajstić information content (AvgIpc) is 2.45. The molecule has 0 unspecified atom stereocenters. The lowest BCUT2D eigenvalue weighted by Crippen LogP contribution is -2.29. The van der Waals surface area contributed by atoms with Crippen LogP contribution in [0.3, 0.4) is 0 Å². The topological polar surface area (TPSA) is 20.3 Å². The summed E-state index contributed by atoms with van der Waals surface area (Å²) >= 11 is 1.34. The number of hydrogen-bond donors (Lipinski definition) is 0. The molecule has 1 saturated heterocycles. The minimum Gasteiger partial charge on any atom is -0.372 e. The Morgan fingerprint density at radius 1 is 1.21 bits per heavy atom. The van der Waals surface area contributed by atoms with Crippen LogP contribution >= 0.6 is 11.8 Å². The predicted octanol–water partition coefficient (Wildman–Crippen LogP) is 3.97. The Bertz CT molecular complexity index is 433. The molecule has 0 atom stereocenters. The first-order valence-electron chi connectivity index (χ1n) is 6.90. The third kappa shape index (κ3) is 4.75. The van der Waals surface area contributed by atoms with Crippen LogP contribution in [-0.2, 0) is 4.79 Å². The molecule has 3 heteroatoms. The van der Waals surface area contributed by atoms with E-state index in [-0.39, 0.29) is 5.12 Å². The first kappa shape index (κ1) is 14.2. The van der Waals surface area contributed by atoms with E-state index in [1.165, 1.54) is 55.4 Å². The van der Waals surface area contributed by atoms with Gasteiger partial charge in [0.15, 0.2) is 5.12 Å². The van der Waals surface area contributed by atoms with Gasteiger partial charge in [-0.15, -0.1) is 0 Å². The lowest BCUT2D eigenvalue weighted by atomic mass is 10.1. The van der Waals surface area contributed by atoms with Gasteiger partial charge in [0, 0.05) is 31.5 Å². The van der Waals surface area contributed by atoms with Crippen LogP contribution in [0, 0.1) is 0 Å². The number of thioether (sulfide) groups is 1. The summed E-state index contributed by atoms with van der Waals surface area (Å²) < 4.78 is 0. The fourth-order valence-corrected chi connectivity index (χ4v) is 2.73. The summed E-state index contributed by atoms with van der Waals surface area (Å²) in [6.45, 7) is 3.97. The molecular formula is C16H21NOS. The molecule has 0 aliphatic carbocycles. The Morgan fingerprint density at radius 3 is 2.53 bits per heavy atom. The third-order valence-electron chi connectivity index (χ3n) is 3.31. The van der Waals surface area contributed by atoms with Crippen LogP contribution < -0.4 is 4.90 Å². The molecule has 0 radical (unpaired) electrons. The summed E-state index contributed by atoms with van der Waals surface area (Å²) in [6.07, 6.45) is 8.11. The molecule has 0 spiro atoms. The van der Waals surface area contributed by atoms with Crippen molar-refractivity contribution in [1.82, 2.24) is 0 Å². The van der Waals surface area contributed by atoms with Gasteiger partial charge in [-0.25, -0.2) is 0 Å². The van der Waals surface area contributed by atoms with Gasteiger partial charge in [-0.05, 0) is 37.0 Å². The van der Waals surface area contributed by atoms with Crippen molar-refractivity contribution < 1.29 is 4.79 Å². The van der Waals surface area contributed by atoms with Gasteiger partial charge >= 0.3 is 0 Å². The highest BCUT2D eigenvalue weighted by Gasteiger charge is 2.09. The number of nitrogens with zero attached hydrogens (tertiary/aromatic N) is 1. The van der Waals surface area contributed by atoms with E-state index >= 15 is 0 Å². The highest BCUT2D eigenvalue weighted by atomic mass is 32.2. The van der Waals surface area contributed by atoms with Gasteiger partial charge in [-0.1, -0.05) is 36.0 Å². The van der Waals surface area contributed by atoms with Crippen molar-refractivity contribution in [2.24, 2.45) is 0 Å². The summed E-state index contributed by atoms with van der Waals surface area (Å²) in [5.74, 6) is 0.753. The summed E-state index contributed by atoms with van der Waals surface area (Å²) in [5, 5.41) is 0.171. The maximum Gasteiger partial charge on any atom is 0.186 e. The van der Waals surface area contributed by atoms with Crippen molar-refractivity contribution in [3.63, 3.8) is 0 Å². The summed E-state index contributed by atoms with van der Waals surface area (Å²) in [5.41, 5.74) is 2.53. The van der Waals surface area contributed by atoms with E-state index in [0.29, 0.717) is 0 Å². The largest absolute Gasteiger partial charge is 0.372 e. The molecule has 2 rings (SSSR count). The standard InChI is InChI=1S/C16H21NOS/c1-14(18)19-13-5-6-15-7-9-16(10-8-15)17-11-3-2-4-12-17/h5-10H,2-4,11-13H2,1H3. The minimum absolute atomic E-state index is 0.171. The Balaban J connectivity index is 1.88.